The Labute approximate surface area is 178 Å². The number of hydrogen-bond donors (Lipinski definition) is 2. The van der Waals surface area contributed by atoms with E-state index in [9.17, 15) is 4.79 Å². The van der Waals surface area contributed by atoms with Gasteiger partial charge in [0, 0.05) is 32.2 Å². The standard InChI is InChI=1S/C25H29N3O2/c1-30-24-10-9-21-15-20(7-8-22(21)16-24)17-26-25(29)27-23-11-13-28(14-12-23)18-19-5-3-2-4-6-19/h2-10,15-16,23H,11-14,17-18H2,1H3,(H2,26,27,29). The smallest absolute Gasteiger partial charge is 0.315 e. The third-order valence-corrected chi connectivity index (χ3v) is 5.74. The highest BCUT2D eigenvalue weighted by atomic mass is 16.5. The molecule has 1 fully saturated rings. The molecule has 0 aliphatic carbocycles. The molecule has 4 rings (SSSR count). The van der Waals surface area contributed by atoms with Crippen LogP contribution in [0.2, 0.25) is 0 Å². The summed E-state index contributed by atoms with van der Waals surface area (Å²) in [6.07, 6.45) is 1.97. The van der Waals surface area contributed by atoms with E-state index in [0.29, 0.717) is 6.54 Å². The molecule has 3 aromatic rings. The largest absolute Gasteiger partial charge is 0.497 e. The third-order valence-electron chi connectivity index (χ3n) is 5.74. The number of urea groups is 1. The highest BCUT2D eigenvalue weighted by Gasteiger charge is 2.20. The fourth-order valence-corrected chi connectivity index (χ4v) is 4.01. The van der Waals surface area contributed by atoms with Gasteiger partial charge in [0.1, 0.15) is 5.75 Å². The Bertz CT molecular complexity index is 982. The third kappa shape index (κ3) is 5.30. The summed E-state index contributed by atoms with van der Waals surface area (Å²) < 4.78 is 5.27. The van der Waals surface area contributed by atoms with Crippen LogP contribution in [-0.2, 0) is 13.1 Å². The molecule has 0 saturated carbocycles. The van der Waals surface area contributed by atoms with Crippen molar-refractivity contribution in [1.29, 1.82) is 0 Å². The predicted octanol–water partition coefficient (Wildman–Crippen LogP) is 4.31. The van der Waals surface area contributed by atoms with Gasteiger partial charge in [-0.1, -0.05) is 48.5 Å². The van der Waals surface area contributed by atoms with Crippen molar-refractivity contribution in [3.63, 3.8) is 0 Å². The molecule has 2 N–H and O–H groups in total. The molecule has 5 nitrogen and oxygen atoms in total. The Hall–Kier alpha value is -3.05. The molecule has 3 aromatic carbocycles. The molecule has 30 heavy (non-hydrogen) atoms. The number of carbonyl (C=O) groups is 1. The van der Waals surface area contributed by atoms with Crippen molar-refractivity contribution in [2.75, 3.05) is 20.2 Å². The van der Waals surface area contributed by atoms with Gasteiger partial charge in [0.15, 0.2) is 0 Å². The van der Waals surface area contributed by atoms with Crippen molar-refractivity contribution in [2.45, 2.75) is 32.0 Å². The summed E-state index contributed by atoms with van der Waals surface area (Å²) in [5, 5.41) is 8.40. The van der Waals surface area contributed by atoms with E-state index >= 15 is 0 Å². The summed E-state index contributed by atoms with van der Waals surface area (Å²) in [5.41, 5.74) is 2.43. The van der Waals surface area contributed by atoms with Crippen molar-refractivity contribution < 1.29 is 9.53 Å². The Morgan fingerprint density at radius 2 is 1.70 bits per heavy atom. The Kier molecular flexibility index (Phi) is 6.50. The summed E-state index contributed by atoms with van der Waals surface area (Å²) in [6, 6.07) is 22.9. The zero-order valence-electron chi connectivity index (χ0n) is 17.4. The molecule has 0 spiro atoms. The second-order valence-electron chi connectivity index (χ2n) is 7.91. The van der Waals surface area contributed by atoms with E-state index in [1.807, 2.05) is 30.3 Å². The normalized spacial score (nSPS) is 15.1. The minimum Gasteiger partial charge on any atom is -0.497 e. The minimum atomic E-state index is -0.0914. The number of fused-ring (bicyclic) bond motifs is 1. The first kappa shape index (κ1) is 20.2. The van der Waals surface area contributed by atoms with Gasteiger partial charge in [-0.15, -0.1) is 0 Å². The number of carbonyl (C=O) groups excluding carboxylic acids is 1. The first-order valence-corrected chi connectivity index (χ1v) is 10.6. The summed E-state index contributed by atoms with van der Waals surface area (Å²) in [6.45, 7) is 3.51. The van der Waals surface area contributed by atoms with Crippen LogP contribution in [0.5, 0.6) is 5.75 Å². The first-order chi connectivity index (χ1) is 14.7. The lowest BCUT2D eigenvalue weighted by atomic mass is 10.0. The van der Waals surface area contributed by atoms with Crippen LogP contribution in [0.25, 0.3) is 10.8 Å². The van der Waals surface area contributed by atoms with Crippen LogP contribution in [0.1, 0.15) is 24.0 Å². The molecule has 2 amide bonds. The summed E-state index contributed by atoms with van der Waals surface area (Å²) in [5.74, 6) is 0.850. The fourth-order valence-electron chi connectivity index (χ4n) is 4.01. The molecule has 0 radical (unpaired) electrons. The topological polar surface area (TPSA) is 53.6 Å². The monoisotopic (exact) mass is 403 g/mol. The van der Waals surface area contributed by atoms with Crippen LogP contribution in [0.4, 0.5) is 4.79 Å². The van der Waals surface area contributed by atoms with Gasteiger partial charge in [-0.3, -0.25) is 4.90 Å². The maximum atomic E-state index is 12.4. The summed E-state index contributed by atoms with van der Waals surface area (Å²) >= 11 is 0. The molecule has 1 aliphatic heterocycles. The minimum absolute atomic E-state index is 0.0914. The number of piperidine rings is 1. The zero-order chi connectivity index (χ0) is 20.8. The number of amides is 2. The number of likely N-dealkylation sites (tertiary alicyclic amines) is 1. The van der Waals surface area contributed by atoms with E-state index in [-0.39, 0.29) is 12.1 Å². The van der Waals surface area contributed by atoms with E-state index < -0.39 is 0 Å². The molecule has 0 atom stereocenters. The van der Waals surface area contributed by atoms with E-state index in [4.69, 9.17) is 4.74 Å². The number of benzene rings is 3. The fraction of sp³-hybridized carbons (Fsp3) is 0.320. The molecule has 1 saturated heterocycles. The van der Waals surface area contributed by atoms with Gasteiger partial charge in [-0.2, -0.15) is 0 Å². The van der Waals surface area contributed by atoms with Crippen LogP contribution in [0.3, 0.4) is 0 Å². The van der Waals surface area contributed by atoms with Gasteiger partial charge in [-0.25, -0.2) is 4.79 Å². The van der Waals surface area contributed by atoms with E-state index in [2.05, 4.69) is 51.9 Å². The number of methoxy groups -OCH3 is 1. The van der Waals surface area contributed by atoms with Crippen LogP contribution in [0, 0.1) is 0 Å². The molecule has 0 bridgehead atoms. The summed E-state index contributed by atoms with van der Waals surface area (Å²) in [4.78, 5) is 14.8. The highest BCUT2D eigenvalue weighted by Crippen LogP contribution is 2.22. The maximum absolute atomic E-state index is 12.4. The van der Waals surface area contributed by atoms with Crippen LogP contribution in [0.15, 0.2) is 66.7 Å². The lowest BCUT2D eigenvalue weighted by Crippen LogP contribution is -2.47. The number of nitrogens with one attached hydrogen (secondary N) is 2. The zero-order valence-corrected chi connectivity index (χ0v) is 17.4. The predicted molar refractivity (Wildman–Crippen MR) is 121 cm³/mol. The van der Waals surface area contributed by atoms with Crippen molar-refractivity contribution >= 4 is 16.8 Å². The van der Waals surface area contributed by atoms with Gasteiger partial charge in [-0.05, 0) is 52.9 Å². The molecular weight excluding hydrogens is 374 g/mol. The lowest BCUT2D eigenvalue weighted by Gasteiger charge is -2.32. The van der Waals surface area contributed by atoms with Crippen molar-refractivity contribution in [3.05, 3.63) is 77.9 Å². The highest BCUT2D eigenvalue weighted by molar-refractivity contribution is 5.84. The van der Waals surface area contributed by atoms with Gasteiger partial charge >= 0.3 is 6.03 Å². The average molecular weight is 404 g/mol. The molecule has 0 unspecified atom stereocenters. The number of hydrogen-bond acceptors (Lipinski definition) is 3. The molecule has 0 aromatic heterocycles. The van der Waals surface area contributed by atoms with Gasteiger partial charge in [0.05, 0.1) is 7.11 Å². The first-order valence-electron chi connectivity index (χ1n) is 10.6. The Balaban J connectivity index is 1.22. The molecule has 1 aliphatic rings. The second kappa shape index (κ2) is 9.63. The number of ether oxygens (including phenoxy) is 1. The SMILES string of the molecule is COc1ccc2cc(CNC(=O)NC3CCN(Cc4ccccc4)CC3)ccc2c1. The van der Waals surface area contributed by atoms with Crippen molar-refractivity contribution in [1.82, 2.24) is 15.5 Å². The molecular formula is C25H29N3O2. The Morgan fingerprint density at radius 3 is 2.47 bits per heavy atom. The molecule has 5 heteroatoms. The average Bonchev–Trinajstić information content (AvgIpc) is 2.79. The van der Waals surface area contributed by atoms with Crippen molar-refractivity contribution in [3.8, 4) is 5.75 Å². The molecule has 156 valence electrons. The van der Waals surface area contributed by atoms with E-state index in [1.165, 1.54) is 5.56 Å². The lowest BCUT2D eigenvalue weighted by molar-refractivity contribution is 0.186. The summed E-state index contributed by atoms with van der Waals surface area (Å²) in [7, 11) is 1.67. The van der Waals surface area contributed by atoms with Crippen LogP contribution >= 0.6 is 0 Å². The number of nitrogens with zero attached hydrogens (tertiary/aromatic N) is 1. The number of rotatable bonds is 6. The molecule has 1 heterocycles. The maximum Gasteiger partial charge on any atom is 0.315 e. The van der Waals surface area contributed by atoms with E-state index in [0.717, 1.165) is 54.6 Å². The van der Waals surface area contributed by atoms with E-state index in [1.54, 1.807) is 7.11 Å². The van der Waals surface area contributed by atoms with Crippen LogP contribution < -0.4 is 15.4 Å². The Morgan fingerprint density at radius 1 is 0.967 bits per heavy atom. The van der Waals surface area contributed by atoms with Crippen LogP contribution in [-0.4, -0.2) is 37.2 Å². The quantitative estimate of drug-likeness (QED) is 0.645. The van der Waals surface area contributed by atoms with Gasteiger partial charge in [0.2, 0.25) is 0 Å². The van der Waals surface area contributed by atoms with Crippen molar-refractivity contribution in [2.24, 2.45) is 0 Å². The second-order valence-corrected chi connectivity index (χ2v) is 7.91. The van der Waals surface area contributed by atoms with Gasteiger partial charge < -0.3 is 15.4 Å². The van der Waals surface area contributed by atoms with Gasteiger partial charge in [0.25, 0.3) is 0 Å².